The van der Waals surface area contributed by atoms with Crippen molar-refractivity contribution >= 4 is 5.69 Å². The number of hydrogen-bond donors (Lipinski definition) is 2. The summed E-state index contributed by atoms with van der Waals surface area (Å²) >= 11 is 0. The molecule has 1 fully saturated rings. The van der Waals surface area contributed by atoms with Crippen LogP contribution in [0.25, 0.3) is 0 Å². The van der Waals surface area contributed by atoms with E-state index in [-0.39, 0.29) is 0 Å². The average molecular weight is 244 g/mol. The predicted octanol–water partition coefficient (Wildman–Crippen LogP) is 2.97. The van der Waals surface area contributed by atoms with Gasteiger partial charge in [-0.15, -0.1) is 0 Å². The van der Waals surface area contributed by atoms with E-state index in [2.05, 4.69) is 11.4 Å². The zero-order valence-electron chi connectivity index (χ0n) is 10.9. The molecular formula is C15H20N2O. The number of aryl methyl sites for hydroxylation is 1. The molecular weight excluding hydrogens is 224 g/mol. The first-order valence-corrected chi connectivity index (χ1v) is 6.60. The van der Waals surface area contributed by atoms with Gasteiger partial charge in [0.1, 0.15) is 0 Å². The molecule has 0 unspecified atom stereocenters. The third-order valence-electron chi connectivity index (χ3n) is 3.76. The van der Waals surface area contributed by atoms with Crippen LogP contribution in [-0.4, -0.2) is 17.3 Å². The van der Waals surface area contributed by atoms with Crippen molar-refractivity contribution in [2.45, 2.75) is 44.6 Å². The minimum atomic E-state index is -0.576. The summed E-state index contributed by atoms with van der Waals surface area (Å²) in [5.74, 6) is 0. The highest BCUT2D eigenvalue weighted by Crippen LogP contribution is 2.28. The highest BCUT2D eigenvalue weighted by Gasteiger charge is 2.28. The van der Waals surface area contributed by atoms with Gasteiger partial charge >= 0.3 is 0 Å². The first-order valence-electron chi connectivity index (χ1n) is 6.60. The molecule has 0 saturated heterocycles. The normalized spacial score (nSPS) is 18.1. The number of nitriles is 1. The molecule has 0 spiro atoms. The lowest BCUT2D eigenvalue weighted by Crippen LogP contribution is -2.38. The summed E-state index contributed by atoms with van der Waals surface area (Å²) in [5, 5.41) is 22.6. The van der Waals surface area contributed by atoms with Crippen molar-refractivity contribution in [3.8, 4) is 6.07 Å². The minimum Gasteiger partial charge on any atom is -0.388 e. The van der Waals surface area contributed by atoms with Gasteiger partial charge in [-0.25, -0.2) is 0 Å². The molecule has 1 aromatic rings. The van der Waals surface area contributed by atoms with E-state index in [0.717, 1.165) is 36.9 Å². The number of nitrogens with zero attached hydrogens (tertiary/aromatic N) is 1. The standard InChI is InChI=1S/C15H20N2O/c1-12-5-6-13(10-16)9-14(12)17-11-15(18)7-3-2-4-8-15/h5-6,9,17-18H,2-4,7-8,11H2,1H3. The molecule has 0 atom stereocenters. The molecule has 3 heteroatoms. The van der Waals surface area contributed by atoms with Crippen LogP contribution in [0.1, 0.15) is 43.2 Å². The Hall–Kier alpha value is -1.53. The molecule has 1 aliphatic rings. The van der Waals surface area contributed by atoms with Gasteiger partial charge in [0.2, 0.25) is 0 Å². The first kappa shape index (κ1) is 12.9. The summed E-state index contributed by atoms with van der Waals surface area (Å²) in [4.78, 5) is 0. The fourth-order valence-electron chi connectivity index (χ4n) is 2.53. The third-order valence-corrected chi connectivity index (χ3v) is 3.76. The third kappa shape index (κ3) is 3.02. The van der Waals surface area contributed by atoms with Crippen LogP contribution in [0.4, 0.5) is 5.69 Å². The Morgan fingerprint density at radius 1 is 1.33 bits per heavy atom. The molecule has 0 radical (unpaired) electrons. The van der Waals surface area contributed by atoms with E-state index >= 15 is 0 Å². The number of hydrogen-bond acceptors (Lipinski definition) is 3. The SMILES string of the molecule is Cc1ccc(C#N)cc1NCC1(O)CCCCC1. The Kier molecular flexibility index (Phi) is 3.88. The molecule has 0 aromatic heterocycles. The van der Waals surface area contributed by atoms with E-state index < -0.39 is 5.60 Å². The van der Waals surface area contributed by atoms with Crippen molar-refractivity contribution in [1.29, 1.82) is 5.26 Å². The second kappa shape index (κ2) is 5.41. The highest BCUT2D eigenvalue weighted by molar-refractivity contribution is 5.55. The Morgan fingerprint density at radius 3 is 2.72 bits per heavy atom. The van der Waals surface area contributed by atoms with Gasteiger partial charge in [-0.05, 0) is 37.5 Å². The Balaban J connectivity index is 2.03. The molecule has 2 N–H and O–H groups in total. The maximum absolute atomic E-state index is 10.4. The van der Waals surface area contributed by atoms with Gasteiger partial charge in [-0.2, -0.15) is 5.26 Å². The van der Waals surface area contributed by atoms with Crippen molar-refractivity contribution in [3.63, 3.8) is 0 Å². The van der Waals surface area contributed by atoms with E-state index in [1.807, 2.05) is 25.1 Å². The molecule has 2 rings (SSSR count). The number of benzene rings is 1. The Bertz CT molecular complexity index is 456. The van der Waals surface area contributed by atoms with Gasteiger partial charge in [0.25, 0.3) is 0 Å². The quantitative estimate of drug-likeness (QED) is 0.859. The number of anilines is 1. The molecule has 1 saturated carbocycles. The summed E-state index contributed by atoms with van der Waals surface area (Å²) in [7, 11) is 0. The van der Waals surface area contributed by atoms with Crippen LogP contribution in [0.5, 0.6) is 0 Å². The summed E-state index contributed by atoms with van der Waals surface area (Å²) in [5.41, 5.74) is 2.13. The summed E-state index contributed by atoms with van der Waals surface area (Å²) in [6, 6.07) is 7.74. The first-order chi connectivity index (χ1) is 8.63. The summed E-state index contributed by atoms with van der Waals surface area (Å²) in [6.07, 6.45) is 5.18. The summed E-state index contributed by atoms with van der Waals surface area (Å²) in [6.45, 7) is 2.58. The number of nitrogens with one attached hydrogen (secondary N) is 1. The largest absolute Gasteiger partial charge is 0.388 e. The van der Waals surface area contributed by atoms with Crippen LogP contribution in [0.2, 0.25) is 0 Å². The van der Waals surface area contributed by atoms with E-state index in [0.29, 0.717) is 12.1 Å². The molecule has 0 aliphatic heterocycles. The fraction of sp³-hybridized carbons (Fsp3) is 0.533. The maximum atomic E-state index is 10.4. The average Bonchev–Trinajstić information content (AvgIpc) is 2.39. The number of rotatable bonds is 3. The second-order valence-corrected chi connectivity index (χ2v) is 5.28. The van der Waals surface area contributed by atoms with Gasteiger partial charge in [-0.1, -0.05) is 25.3 Å². The van der Waals surface area contributed by atoms with Gasteiger partial charge in [0.15, 0.2) is 0 Å². The summed E-state index contributed by atoms with van der Waals surface area (Å²) < 4.78 is 0. The van der Waals surface area contributed by atoms with Gasteiger partial charge in [0.05, 0.1) is 17.2 Å². The molecule has 0 amide bonds. The van der Waals surface area contributed by atoms with Gasteiger partial charge < -0.3 is 10.4 Å². The van der Waals surface area contributed by atoms with E-state index in [1.54, 1.807) is 0 Å². The van der Waals surface area contributed by atoms with Gasteiger partial charge in [-0.3, -0.25) is 0 Å². The van der Waals surface area contributed by atoms with E-state index in [9.17, 15) is 5.11 Å². The zero-order valence-corrected chi connectivity index (χ0v) is 10.9. The molecule has 3 nitrogen and oxygen atoms in total. The van der Waals surface area contributed by atoms with Crippen LogP contribution in [0, 0.1) is 18.3 Å². The molecule has 96 valence electrons. The van der Waals surface area contributed by atoms with Crippen LogP contribution in [0.3, 0.4) is 0 Å². The van der Waals surface area contributed by atoms with Crippen molar-refractivity contribution in [3.05, 3.63) is 29.3 Å². The number of aliphatic hydroxyl groups is 1. The molecule has 18 heavy (non-hydrogen) atoms. The predicted molar refractivity (Wildman–Crippen MR) is 72.4 cm³/mol. The fourth-order valence-corrected chi connectivity index (χ4v) is 2.53. The molecule has 0 bridgehead atoms. The van der Waals surface area contributed by atoms with E-state index in [1.165, 1.54) is 6.42 Å². The lowest BCUT2D eigenvalue weighted by atomic mass is 9.85. The smallest absolute Gasteiger partial charge is 0.0992 e. The van der Waals surface area contributed by atoms with E-state index in [4.69, 9.17) is 5.26 Å². The molecule has 1 aromatic carbocycles. The Labute approximate surface area is 108 Å². The lowest BCUT2D eigenvalue weighted by Gasteiger charge is -2.32. The monoisotopic (exact) mass is 244 g/mol. The van der Waals surface area contributed by atoms with Crippen LogP contribution < -0.4 is 5.32 Å². The highest BCUT2D eigenvalue weighted by atomic mass is 16.3. The topological polar surface area (TPSA) is 56.0 Å². The van der Waals surface area contributed by atoms with Crippen molar-refractivity contribution < 1.29 is 5.11 Å². The minimum absolute atomic E-state index is 0.572. The van der Waals surface area contributed by atoms with Crippen LogP contribution >= 0.6 is 0 Å². The van der Waals surface area contributed by atoms with Crippen LogP contribution in [-0.2, 0) is 0 Å². The van der Waals surface area contributed by atoms with Crippen molar-refractivity contribution in [2.75, 3.05) is 11.9 Å². The lowest BCUT2D eigenvalue weighted by molar-refractivity contribution is 0.0167. The molecule has 0 heterocycles. The van der Waals surface area contributed by atoms with Crippen LogP contribution in [0.15, 0.2) is 18.2 Å². The molecule has 1 aliphatic carbocycles. The Morgan fingerprint density at radius 2 is 2.06 bits per heavy atom. The van der Waals surface area contributed by atoms with Crippen molar-refractivity contribution in [2.24, 2.45) is 0 Å². The van der Waals surface area contributed by atoms with Crippen molar-refractivity contribution in [1.82, 2.24) is 0 Å². The zero-order chi connectivity index (χ0) is 13.0. The van der Waals surface area contributed by atoms with Gasteiger partial charge in [0, 0.05) is 12.2 Å². The maximum Gasteiger partial charge on any atom is 0.0992 e. The second-order valence-electron chi connectivity index (χ2n) is 5.28.